The highest BCUT2D eigenvalue weighted by atomic mass is 16.5. The van der Waals surface area contributed by atoms with Crippen molar-refractivity contribution in [2.75, 3.05) is 10.9 Å². The molecule has 2 aromatic rings. The van der Waals surface area contributed by atoms with Gasteiger partial charge in [0.2, 0.25) is 0 Å². The lowest BCUT2D eigenvalue weighted by Gasteiger charge is -2.13. The molecule has 0 fully saturated rings. The highest BCUT2D eigenvalue weighted by Crippen LogP contribution is 2.21. The molecule has 2 rings (SSSR count). The van der Waals surface area contributed by atoms with Gasteiger partial charge in [-0.25, -0.2) is 10.6 Å². The number of rotatable bonds is 4. The number of hydrogen-bond acceptors (Lipinski definition) is 7. The van der Waals surface area contributed by atoms with E-state index < -0.39 is 5.76 Å². The molecule has 6 N–H and O–H groups in total. The van der Waals surface area contributed by atoms with Gasteiger partial charge in [-0.05, 0) is 24.1 Å². The van der Waals surface area contributed by atoms with E-state index in [0.717, 1.165) is 5.56 Å². The van der Waals surface area contributed by atoms with Crippen molar-refractivity contribution in [3.05, 3.63) is 40.1 Å². The van der Waals surface area contributed by atoms with Gasteiger partial charge in [0.25, 0.3) is 0 Å². The highest BCUT2D eigenvalue weighted by molar-refractivity contribution is 5.66. The van der Waals surface area contributed by atoms with Gasteiger partial charge in [0.05, 0.1) is 5.69 Å². The van der Waals surface area contributed by atoms with E-state index in [-0.39, 0.29) is 0 Å². The Kier molecular flexibility index (Phi) is 3.31. The molecule has 0 aliphatic heterocycles. The molecule has 0 atom stereocenters. The summed E-state index contributed by atoms with van der Waals surface area (Å²) in [6, 6.07) is 5.08. The summed E-state index contributed by atoms with van der Waals surface area (Å²) in [4.78, 5) is 13.2. The smallest absolute Gasteiger partial charge is 0.397 e. The van der Waals surface area contributed by atoms with E-state index in [1.165, 1.54) is 0 Å². The monoisotopic (exact) mass is 251 g/mol. The predicted molar refractivity (Wildman–Crippen MR) is 63.8 cm³/mol. The molecular weight excluding hydrogens is 238 g/mol. The van der Waals surface area contributed by atoms with Gasteiger partial charge in [-0.3, -0.25) is 14.7 Å². The molecule has 8 heteroatoms. The molecule has 0 aliphatic carbocycles. The van der Waals surface area contributed by atoms with Crippen LogP contribution in [-0.4, -0.2) is 15.3 Å². The van der Waals surface area contributed by atoms with Crippen molar-refractivity contribution in [1.82, 2.24) is 10.1 Å². The summed E-state index contributed by atoms with van der Waals surface area (Å²) < 4.78 is 4.39. The molecular formula is C10H13N5O3. The predicted octanol–water partition coefficient (Wildman–Crippen LogP) is -0.200. The van der Waals surface area contributed by atoms with Crippen LogP contribution in [0.5, 0.6) is 0 Å². The molecule has 1 heterocycles. The number of hydrogen-bond donors (Lipinski definition) is 4. The van der Waals surface area contributed by atoms with Crippen molar-refractivity contribution < 1.29 is 9.73 Å². The highest BCUT2D eigenvalue weighted by Gasteiger charge is 2.06. The SMILES string of the molecule is Nc1cc(CCc2noc(=O)[nH]2)ccc1N(N)O. The summed E-state index contributed by atoms with van der Waals surface area (Å²) in [6.07, 6.45) is 1.15. The zero-order valence-electron chi connectivity index (χ0n) is 9.46. The van der Waals surface area contributed by atoms with Crippen LogP contribution in [0.2, 0.25) is 0 Å². The third kappa shape index (κ3) is 2.67. The topological polar surface area (TPSA) is 134 Å². The number of aryl methyl sites for hydroxylation is 2. The minimum absolute atomic E-state index is 0.327. The number of aromatic amines is 1. The zero-order valence-corrected chi connectivity index (χ0v) is 9.46. The molecule has 0 spiro atoms. The van der Waals surface area contributed by atoms with Crippen molar-refractivity contribution in [1.29, 1.82) is 0 Å². The quantitative estimate of drug-likeness (QED) is 0.335. The van der Waals surface area contributed by atoms with Gasteiger partial charge in [0, 0.05) is 6.42 Å². The van der Waals surface area contributed by atoms with Gasteiger partial charge >= 0.3 is 5.76 Å². The number of nitrogens with one attached hydrogen (secondary N) is 1. The number of H-pyrrole nitrogens is 1. The first-order chi connectivity index (χ1) is 8.56. The minimum atomic E-state index is -0.570. The molecule has 0 aliphatic rings. The van der Waals surface area contributed by atoms with E-state index >= 15 is 0 Å². The van der Waals surface area contributed by atoms with Crippen LogP contribution in [0.15, 0.2) is 27.5 Å². The normalized spacial score (nSPS) is 10.6. The first-order valence-corrected chi connectivity index (χ1v) is 5.23. The third-order valence-corrected chi connectivity index (χ3v) is 2.47. The van der Waals surface area contributed by atoms with Gasteiger partial charge in [-0.2, -0.15) is 5.17 Å². The molecule has 96 valence electrons. The van der Waals surface area contributed by atoms with E-state index in [1.807, 2.05) is 0 Å². The Labute approximate surface area is 102 Å². The fraction of sp³-hybridized carbons (Fsp3) is 0.200. The van der Waals surface area contributed by atoms with Crippen LogP contribution < -0.4 is 22.5 Å². The molecule has 0 bridgehead atoms. The summed E-state index contributed by atoms with van der Waals surface area (Å²) in [5, 5.41) is 13.1. The molecule has 0 saturated carbocycles. The number of aromatic nitrogens is 2. The van der Waals surface area contributed by atoms with Crippen molar-refractivity contribution in [2.45, 2.75) is 12.8 Å². The second-order valence-electron chi connectivity index (χ2n) is 3.78. The molecule has 0 saturated heterocycles. The number of nitrogen functional groups attached to an aromatic ring is 1. The third-order valence-electron chi connectivity index (χ3n) is 2.47. The van der Waals surface area contributed by atoms with E-state index in [1.54, 1.807) is 18.2 Å². The first kappa shape index (κ1) is 12.1. The van der Waals surface area contributed by atoms with E-state index in [2.05, 4.69) is 14.7 Å². The fourth-order valence-electron chi connectivity index (χ4n) is 1.60. The lowest BCUT2D eigenvalue weighted by Crippen LogP contribution is -2.26. The summed E-state index contributed by atoms with van der Waals surface area (Å²) in [6.45, 7) is 0. The van der Waals surface area contributed by atoms with Crippen LogP contribution in [0, 0.1) is 0 Å². The molecule has 1 aromatic carbocycles. The molecule has 8 nitrogen and oxygen atoms in total. The van der Waals surface area contributed by atoms with Gasteiger partial charge in [-0.15, -0.1) is 0 Å². The van der Waals surface area contributed by atoms with Crippen molar-refractivity contribution in [2.24, 2.45) is 5.84 Å². The molecule has 0 amide bonds. The van der Waals surface area contributed by atoms with Crippen molar-refractivity contribution in [3.63, 3.8) is 0 Å². The Morgan fingerprint density at radius 2 is 2.22 bits per heavy atom. The minimum Gasteiger partial charge on any atom is -0.397 e. The first-order valence-electron chi connectivity index (χ1n) is 5.23. The molecule has 18 heavy (non-hydrogen) atoms. The maximum Gasteiger partial charge on any atom is 0.438 e. The Morgan fingerprint density at radius 3 is 2.78 bits per heavy atom. The molecule has 0 unspecified atom stereocenters. The Morgan fingerprint density at radius 1 is 1.44 bits per heavy atom. The maximum absolute atomic E-state index is 10.7. The second-order valence-corrected chi connectivity index (χ2v) is 3.78. The standard InChI is InChI=1S/C10H13N5O3/c11-7-5-6(1-3-8(7)15(12)17)2-4-9-13-10(16)18-14-9/h1,3,5,17H,2,4,11-12H2,(H,13,14,16). The summed E-state index contributed by atoms with van der Waals surface area (Å²) in [5.74, 6) is 5.09. The lowest BCUT2D eigenvalue weighted by atomic mass is 10.1. The van der Waals surface area contributed by atoms with E-state index in [4.69, 9.17) is 16.8 Å². The van der Waals surface area contributed by atoms with Crippen molar-refractivity contribution >= 4 is 11.4 Å². The van der Waals surface area contributed by atoms with Gasteiger partial charge in [-0.1, -0.05) is 11.2 Å². The Balaban J connectivity index is 2.06. The summed E-state index contributed by atoms with van der Waals surface area (Å²) >= 11 is 0. The van der Waals surface area contributed by atoms with Crippen LogP contribution in [0.3, 0.4) is 0 Å². The van der Waals surface area contributed by atoms with Crippen LogP contribution >= 0.6 is 0 Å². The number of nitrogens with two attached hydrogens (primary N) is 2. The number of anilines is 2. The summed E-state index contributed by atoms with van der Waals surface area (Å²) in [7, 11) is 0. The Hall–Kier alpha value is -2.32. The van der Waals surface area contributed by atoms with Crippen LogP contribution in [0.25, 0.3) is 0 Å². The number of nitrogens with zero attached hydrogens (tertiary/aromatic N) is 2. The largest absolute Gasteiger partial charge is 0.438 e. The number of hydrazine groups is 1. The summed E-state index contributed by atoms with van der Waals surface area (Å²) in [5.41, 5.74) is 7.35. The number of benzene rings is 1. The fourth-order valence-corrected chi connectivity index (χ4v) is 1.60. The molecule has 0 radical (unpaired) electrons. The van der Waals surface area contributed by atoms with E-state index in [0.29, 0.717) is 35.2 Å². The Bertz CT molecular complexity index is 589. The van der Waals surface area contributed by atoms with Gasteiger partial charge in [0.15, 0.2) is 5.82 Å². The lowest BCUT2D eigenvalue weighted by molar-refractivity contribution is 0.258. The van der Waals surface area contributed by atoms with E-state index in [9.17, 15) is 4.79 Å². The van der Waals surface area contributed by atoms with Crippen molar-refractivity contribution in [3.8, 4) is 0 Å². The van der Waals surface area contributed by atoms with Gasteiger partial charge in [0.1, 0.15) is 5.69 Å². The van der Waals surface area contributed by atoms with Crippen LogP contribution in [0.1, 0.15) is 11.4 Å². The second kappa shape index (κ2) is 4.90. The average molecular weight is 251 g/mol. The molecule has 1 aromatic heterocycles. The van der Waals surface area contributed by atoms with Crippen LogP contribution in [-0.2, 0) is 12.8 Å². The zero-order chi connectivity index (χ0) is 13.1. The average Bonchev–Trinajstić information content (AvgIpc) is 2.72. The van der Waals surface area contributed by atoms with Gasteiger partial charge < -0.3 is 5.73 Å². The van der Waals surface area contributed by atoms with Crippen LogP contribution in [0.4, 0.5) is 11.4 Å². The maximum atomic E-state index is 10.7.